The Labute approximate surface area is 102 Å². The molecule has 0 aromatic heterocycles. The molecule has 90 valence electrons. The third-order valence-corrected chi connectivity index (χ3v) is 2.97. The van der Waals surface area contributed by atoms with Crippen LogP contribution in [0.5, 0.6) is 5.75 Å². The predicted octanol–water partition coefficient (Wildman–Crippen LogP) is 2.08. The minimum absolute atomic E-state index is 0.0574. The van der Waals surface area contributed by atoms with Crippen molar-refractivity contribution in [1.82, 2.24) is 4.90 Å². The standard InChI is InChI=1S/C12H18ClNO2/c1-9-6-12(16-3)10(7-11(9)13)4-5-14(2)8-15/h6-7,15H,4-5,8H2,1-3H3. The van der Waals surface area contributed by atoms with Gasteiger partial charge in [-0.3, -0.25) is 4.90 Å². The Hall–Kier alpha value is -0.770. The first-order valence-corrected chi connectivity index (χ1v) is 5.58. The number of aliphatic hydroxyl groups excluding tert-OH is 1. The maximum Gasteiger partial charge on any atom is 0.122 e. The number of nitrogens with zero attached hydrogens (tertiary/aromatic N) is 1. The van der Waals surface area contributed by atoms with Crippen LogP contribution in [0.1, 0.15) is 11.1 Å². The highest BCUT2D eigenvalue weighted by atomic mass is 35.5. The molecule has 1 aromatic carbocycles. The number of aliphatic hydroxyl groups is 1. The second kappa shape index (κ2) is 6.09. The Morgan fingerprint density at radius 3 is 2.69 bits per heavy atom. The highest BCUT2D eigenvalue weighted by Gasteiger charge is 2.07. The summed E-state index contributed by atoms with van der Waals surface area (Å²) >= 11 is 6.07. The molecule has 0 aliphatic heterocycles. The van der Waals surface area contributed by atoms with Crippen LogP contribution < -0.4 is 4.74 Å². The molecule has 0 unspecified atom stereocenters. The molecule has 4 heteroatoms. The number of hydrogen-bond acceptors (Lipinski definition) is 3. The van der Waals surface area contributed by atoms with Crippen molar-refractivity contribution in [1.29, 1.82) is 0 Å². The summed E-state index contributed by atoms with van der Waals surface area (Å²) in [7, 11) is 3.52. The highest BCUT2D eigenvalue weighted by molar-refractivity contribution is 6.31. The number of halogens is 1. The van der Waals surface area contributed by atoms with Gasteiger partial charge in [0.2, 0.25) is 0 Å². The first-order chi connectivity index (χ1) is 7.58. The largest absolute Gasteiger partial charge is 0.496 e. The summed E-state index contributed by atoms with van der Waals surface area (Å²) < 4.78 is 5.31. The SMILES string of the molecule is COc1cc(C)c(Cl)cc1CCN(C)CO. The van der Waals surface area contributed by atoms with Gasteiger partial charge in [-0.2, -0.15) is 0 Å². The van der Waals surface area contributed by atoms with Crippen LogP contribution in [-0.2, 0) is 6.42 Å². The molecular weight excluding hydrogens is 226 g/mol. The fourth-order valence-corrected chi connectivity index (χ4v) is 1.65. The first kappa shape index (κ1) is 13.3. The van der Waals surface area contributed by atoms with Gasteiger partial charge in [0.05, 0.1) is 13.8 Å². The van der Waals surface area contributed by atoms with Crippen LogP contribution in [0.2, 0.25) is 5.02 Å². The zero-order valence-corrected chi connectivity index (χ0v) is 10.7. The maximum atomic E-state index is 8.91. The fourth-order valence-electron chi connectivity index (χ4n) is 1.46. The zero-order valence-electron chi connectivity index (χ0n) is 9.96. The van der Waals surface area contributed by atoms with Crippen molar-refractivity contribution in [2.24, 2.45) is 0 Å². The Morgan fingerprint density at radius 2 is 2.12 bits per heavy atom. The third kappa shape index (κ3) is 3.37. The number of hydrogen-bond donors (Lipinski definition) is 1. The smallest absolute Gasteiger partial charge is 0.122 e. The molecular formula is C12H18ClNO2. The molecule has 0 aliphatic rings. The van der Waals surface area contributed by atoms with Gasteiger partial charge in [-0.15, -0.1) is 0 Å². The molecule has 0 amide bonds. The summed E-state index contributed by atoms with van der Waals surface area (Å²) in [6.45, 7) is 2.78. The third-order valence-electron chi connectivity index (χ3n) is 2.57. The van der Waals surface area contributed by atoms with Crippen molar-refractivity contribution in [3.05, 3.63) is 28.3 Å². The number of likely N-dealkylation sites (N-methyl/N-ethyl adjacent to an activating group) is 1. The monoisotopic (exact) mass is 243 g/mol. The van der Waals surface area contributed by atoms with E-state index in [0.29, 0.717) is 0 Å². The molecule has 0 aliphatic carbocycles. The molecule has 0 fully saturated rings. The second-order valence-electron chi connectivity index (χ2n) is 3.88. The van der Waals surface area contributed by atoms with Crippen molar-refractivity contribution in [3.63, 3.8) is 0 Å². The van der Waals surface area contributed by atoms with Crippen molar-refractivity contribution >= 4 is 11.6 Å². The number of ether oxygens (including phenoxy) is 1. The molecule has 16 heavy (non-hydrogen) atoms. The molecule has 0 heterocycles. The minimum atomic E-state index is 0.0574. The van der Waals surface area contributed by atoms with E-state index in [1.54, 1.807) is 7.11 Å². The predicted molar refractivity (Wildman–Crippen MR) is 66.2 cm³/mol. The van der Waals surface area contributed by atoms with Crippen LogP contribution in [0, 0.1) is 6.92 Å². The molecule has 0 saturated carbocycles. The van der Waals surface area contributed by atoms with Crippen LogP contribution in [0.3, 0.4) is 0 Å². The maximum absolute atomic E-state index is 8.91. The summed E-state index contributed by atoms with van der Waals surface area (Å²) in [6.07, 6.45) is 0.806. The van der Waals surface area contributed by atoms with E-state index in [4.69, 9.17) is 21.4 Å². The lowest BCUT2D eigenvalue weighted by molar-refractivity contribution is 0.134. The summed E-state index contributed by atoms with van der Waals surface area (Å²) in [4.78, 5) is 1.83. The van der Waals surface area contributed by atoms with E-state index < -0.39 is 0 Å². The highest BCUT2D eigenvalue weighted by Crippen LogP contribution is 2.26. The van der Waals surface area contributed by atoms with Crippen molar-refractivity contribution in [3.8, 4) is 5.75 Å². The summed E-state index contributed by atoms with van der Waals surface area (Å²) in [5, 5.41) is 9.66. The average Bonchev–Trinajstić information content (AvgIpc) is 2.29. The van der Waals surface area contributed by atoms with Gasteiger partial charge in [0, 0.05) is 11.6 Å². The molecule has 1 aromatic rings. The molecule has 0 bridgehead atoms. The Bertz CT molecular complexity index is 355. The topological polar surface area (TPSA) is 32.7 Å². The summed E-state index contributed by atoms with van der Waals surface area (Å²) in [6, 6.07) is 3.87. The van der Waals surface area contributed by atoms with E-state index in [1.165, 1.54) is 0 Å². The number of benzene rings is 1. The van der Waals surface area contributed by atoms with E-state index >= 15 is 0 Å². The van der Waals surface area contributed by atoms with Gasteiger partial charge in [-0.25, -0.2) is 0 Å². The lowest BCUT2D eigenvalue weighted by Crippen LogP contribution is -2.22. The molecule has 1 N–H and O–H groups in total. The zero-order chi connectivity index (χ0) is 12.1. The molecule has 0 radical (unpaired) electrons. The lowest BCUT2D eigenvalue weighted by Gasteiger charge is -2.15. The van der Waals surface area contributed by atoms with Gasteiger partial charge in [0.1, 0.15) is 5.75 Å². The van der Waals surface area contributed by atoms with Crippen LogP contribution in [0.4, 0.5) is 0 Å². The van der Waals surface area contributed by atoms with Crippen LogP contribution in [0.25, 0.3) is 0 Å². The average molecular weight is 244 g/mol. The number of methoxy groups -OCH3 is 1. The molecule has 3 nitrogen and oxygen atoms in total. The minimum Gasteiger partial charge on any atom is -0.496 e. The second-order valence-corrected chi connectivity index (χ2v) is 4.29. The van der Waals surface area contributed by atoms with E-state index in [0.717, 1.165) is 34.9 Å². The van der Waals surface area contributed by atoms with Gasteiger partial charge in [0.25, 0.3) is 0 Å². The van der Waals surface area contributed by atoms with Gasteiger partial charge < -0.3 is 9.84 Å². The Kier molecular flexibility index (Phi) is 5.06. The van der Waals surface area contributed by atoms with Gasteiger partial charge in [-0.1, -0.05) is 11.6 Å². The summed E-state index contributed by atoms with van der Waals surface area (Å²) in [5.41, 5.74) is 2.08. The normalized spacial score (nSPS) is 10.9. The van der Waals surface area contributed by atoms with Gasteiger partial charge >= 0.3 is 0 Å². The van der Waals surface area contributed by atoms with Crippen LogP contribution in [-0.4, -0.2) is 37.4 Å². The van der Waals surface area contributed by atoms with Crippen LogP contribution in [0.15, 0.2) is 12.1 Å². The molecule has 0 spiro atoms. The first-order valence-electron chi connectivity index (χ1n) is 5.21. The number of aryl methyl sites for hydroxylation is 1. The Morgan fingerprint density at radius 1 is 1.44 bits per heavy atom. The Balaban J connectivity index is 2.81. The van der Waals surface area contributed by atoms with Crippen molar-refractivity contribution in [2.75, 3.05) is 27.4 Å². The van der Waals surface area contributed by atoms with E-state index in [1.807, 2.05) is 31.0 Å². The summed E-state index contributed by atoms with van der Waals surface area (Å²) in [5.74, 6) is 0.855. The van der Waals surface area contributed by atoms with E-state index in [9.17, 15) is 0 Å². The van der Waals surface area contributed by atoms with E-state index in [2.05, 4.69) is 0 Å². The van der Waals surface area contributed by atoms with Gasteiger partial charge in [-0.05, 0) is 43.7 Å². The lowest BCUT2D eigenvalue weighted by atomic mass is 10.1. The van der Waals surface area contributed by atoms with E-state index in [-0.39, 0.29) is 6.73 Å². The number of rotatable bonds is 5. The van der Waals surface area contributed by atoms with Crippen LogP contribution >= 0.6 is 11.6 Å². The molecule has 1 rings (SSSR count). The van der Waals surface area contributed by atoms with Gasteiger partial charge in [0.15, 0.2) is 0 Å². The van der Waals surface area contributed by atoms with Crippen molar-refractivity contribution < 1.29 is 9.84 Å². The molecule has 0 atom stereocenters. The molecule has 0 saturated heterocycles. The quantitative estimate of drug-likeness (QED) is 0.804. The fraction of sp³-hybridized carbons (Fsp3) is 0.500. The van der Waals surface area contributed by atoms with Crippen molar-refractivity contribution in [2.45, 2.75) is 13.3 Å².